The quantitative estimate of drug-likeness (QED) is 0.678. The molecule has 0 spiro atoms. The fraction of sp³-hybridized carbons (Fsp3) is 0.500. The molecule has 1 aromatic carbocycles. The zero-order chi connectivity index (χ0) is 12.6. The van der Waals surface area contributed by atoms with Gasteiger partial charge in [-0.25, -0.2) is 13.1 Å². The summed E-state index contributed by atoms with van der Waals surface area (Å²) in [5.74, 6) is 0.120. The summed E-state index contributed by atoms with van der Waals surface area (Å²) >= 11 is 0. The largest absolute Gasteiger partial charge is 0.330 e. The number of rotatable bonds is 8. The third-order valence-electron chi connectivity index (χ3n) is 2.42. The first-order valence-electron chi connectivity index (χ1n) is 5.85. The van der Waals surface area contributed by atoms with Crippen molar-refractivity contribution < 1.29 is 8.42 Å². The van der Waals surface area contributed by atoms with E-state index in [0.717, 1.165) is 12.8 Å². The molecule has 0 radical (unpaired) electrons. The molecule has 0 aliphatic carbocycles. The molecule has 0 aromatic heterocycles. The summed E-state index contributed by atoms with van der Waals surface area (Å²) in [6, 6.07) is 10.0. The monoisotopic (exact) mass is 256 g/mol. The van der Waals surface area contributed by atoms with Gasteiger partial charge in [0.2, 0.25) is 10.0 Å². The van der Waals surface area contributed by atoms with Crippen LogP contribution >= 0.6 is 0 Å². The van der Waals surface area contributed by atoms with Crippen LogP contribution in [0.4, 0.5) is 0 Å². The van der Waals surface area contributed by atoms with Crippen molar-refractivity contribution in [1.29, 1.82) is 0 Å². The predicted octanol–water partition coefficient (Wildman–Crippen LogP) is 0.887. The van der Waals surface area contributed by atoms with Gasteiger partial charge in [0.25, 0.3) is 0 Å². The van der Waals surface area contributed by atoms with Gasteiger partial charge in [0.15, 0.2) is 0 Å². The molecule has 0 saturated heterocycles. The van der Waals surface area contributed by atoms with Gasteiger partial charge in [0, 0.05) is 6.54 Å². The lowest BCUT2D eigenvalue weighted by Crippen LogP contribution is -2.28. The number of benzene rings is 1. The molecule has 0 aliphatic rings. The van der Waals surface area contributed by atoms with Crippen LogP contribution in [0.5, 0.6) is 0 Å². The molecular weight excluding hydrogens is 236 g/mol. The maximum absolute atomic E-state index is 11.4. The Morgan fingerprint density at radius 2 is 1.82 bits per heavy atom. The number of aryl methyl sites for hydroxylation is 1. The Morgan fingerprint density at radius 3 is 2.47 bits per heavy atom. The fourth-order valence-electron chi connectivity index (χ4n) is 1.51. The molecule has 17 heavy (non-hydrogen) atoms. The summed E-state index contributed by atoms with van der Waals surface area (Å²) in [5, 5.41) is 0. The number of nitrogens with one attached hydrogen (secondary N) is 1. The van der Waals surface area contributed by atoms with Crippen molar-refractivity contribution in [3.8, 4) is 0 Å². The van der Waals surface area contributed by atoms with Crippen LogP contribution in [0.3, 0.4) is 0 Å². The molecule has 0 aliphatic heterocycles. The molecular formula is C12H20N2O2S. The lowest BCUT2D eigenvalue weighted by molar-refractivity contribution is 0.576. The van der Waals surface area contributed by atoms with E-state index in [0.29, 0.717) is 19.5 Å². The number of hydrogen-bond donors (Lipinski definition) is 2. The van der Waals surface area contributed by atoms with Crippen LogP contribution < -0.4 is 10.5 Å². The molecule has 1 rings (SSSR count). The Hall–Kier alpha value is -0.910. The van der Waals surface area contributed by atoms with E-state index in [9.17, 15) is 8.42 Å². The summed E-state index contributed by atoms with van der Waals surface area (Å²) in [6.07, 6.45) is 2.21. The van der Waals surface area contributed by atoms with Crippen LogP contribution in [0, 0.1) is 0 Å². The minimum atomic E-state index is -3.13. The van der Waals surface area contributed by atoms with E-state index >= 15 is 0 Å². The van der Waals surface area contributed by atoms with Gasteiger partial charge in [0.05, 0.1) is 5.75 Å². The second-order valence-electron chi connectivity index (χ2n) is 3.94. The molecule has 5 heteroatoms. The van der Waals surface area contributed by atoms with Crippen molar-refractivity contribution in [2.75, 3.05) is 18.8 Å². The lowest BCUT2D eigenvalue weighted by Gasteiger charge is -2.05. The van der Waals surface area contributed by atoms with Crippen molar-refractivity contribution >= 4 is 10.0 Å². The molecule has 0 unspecified atom stereocenters. The average molecular weight is 256 g/mol. The van der Waals surface area contributed by atoms with Crippen molar-refractivity contribution in [3.63, 3.8) is 0 Å². The molecule has 3 N–H and O–H groups in total. The smallest absolute Gasteiger partial charge is 0.211 e. The Balaban J connectivity index is 2.20. The van der Waals surface area contributed by atoms with Crippen molar-refractivity contribution in [2.24, 2.45) is 5.73 Å². The third-order valence-corrected chi connectivity index (χ3v) is 3.89. The van der Waals surface area contributed by atoms with Crippen LogP contribution in [0.15, 0.2) is 30.3 Å². The molecule has 0 amide bonds. The SMILES string of the molecule is NCCCS(=O)(=O)NCCCc1ccccc1. The van der Waals surface area contributed by atoms with Gasteiger partial charge in [-0.05, 0) is 31.4 Å². The van der Waals surface area contributed by atoms with Gasteiger partial charge in [-0.1, -0.05) is 30.3 Å². The van der Waals surface area contributed by atoms with Crippen molar-refractivity contribution in [2.45, 2.75) is 19.3 Å². The molecule has 0 bridgehead atoms. The number of sulfonamides is 1. The molecule has 1 aromatic rings. The highest BCUT2D eigenvalue weighted by Gasteiger charge is 2.07. The van der Waals surface area contributed by atoms with E-state index in [1.807, 2.05) is 30.3 Å². The number of hydrogen-bond acceptors (Lipinski definition) is 3. The van der Waals surface area contributed by atoms with Crippen LogP contribution in [-0.4, -0.2) is 27.3 Å². The number of nitrogens with two attached hydrogens (primary N) is 1. The molecule has 96 valence electrons. The Bertz CT molecular complexity index is 404. The Kier molecular flexibility index (Phi) is 6.18. The molecule has 4 nitrogen and oxygen atoms in total. The summed E-state index contributed by atoms with van der Waals surface area (Å²) in [7, 11) is -3.13. The predicted molar refractivity (Wildman–Crippen MR) is 70.2 cm³/mol. The first-order valence-corrected chi connectivity index (χ1v) is 7.50. The van der Waals surface area contributed by atoms with E-state index in [1.165, 1.54) is 5.56 Å². The van der Waals surface area contributed by atoms with E-state index in [4.69, 9.17) is 5.73 Å². The Morgan fingerprint density at radius 1 is 1.12 bits per heavy atom. The highest BCUT2D eigenvalue weighted by molar-refractivity contribution is 7.89. The van der Waals surface area contributed by atoms with E-state index < -0.39 is 10.0 Å². The van der Waals surface area contributed by atoms with Gasteiger partial charge in [0.1, 0.15) is 0 Å². The van der Waals surface area contributed by atoms with Crippen molar-refractivity contribution in [3.05, 3.63) is 35.9 Å². The van der Waals surface area contributed by atoms with Crippen LogP contribution in [0.2, 0.25) is 0 Å². The van der Waals surface area contributed by atoms with Crippen LogP contribution in [-0.2, 0) is 16.4 Å². The summed E-state index contributed by atoms with van der Waals surface area (Å²) in [4.78, 5) is 0. The third kappa shape index (κ3) is 6.41. The van der Waals surface area contributed by atoms with Gasteiger partial charge in [-0.3, -0.25) is 0 Å². The molecule has 0 heterocycles. The van der Waals surface area contributed by atoms with Gasteiger partial charge >= 0.3 is 0 Å². The minimum Gasteiger partial charge on any atom is -0.330 e. The second kappa shape index (κ2) is 7.42. The standard InChI is InChI=1S/C12H20N2O2S/c13-9-5-11-17(15,16)14-10-4-8-12-6-2-1-3-7-12/h1-3,6-7,14H,4-5,8-11,13H2. The first kappa shape index (κ1) is 14.2. The zero-order valence-corrected chi connectivity index (χ0v) is 10.7. The highest BCUT2D eigenvalue weighted by atomic mass is 32.2. The highest BCUT2D eigenvalue weighted by Crippen LogP contribution is 2.01. The van der Waals surface area contributed by atoms with E-state index in [2.05, 4.69) is 4.72 Å². The average Bonchev–Trinajstić information content (AvgIpc) is 2.34. The van der Waals surface area contributed by atoms with Gasteiger partial charge < -0.3 is 5.73 Å². The Labute approximate surface area is 103 Å². The minimum absolute atomic E-state index is 0.120. The lowest BCUT2D eigenvalue weighted by atomic mass is 10.1. The van der Waals surface area contributed by atoms with E-state index in [1.54, 1.807) is 0 Å². The van der Waals surface area contributed by atoms with Crippen LogP contribution in [0.1, 0.15) is 18.4 Å². The summed E-state index contributed by atoms with van der Waals surface area (Å²) in [5.41, 5.74) is 6.50. The maximum Gasteiger partial charge on any atom is 0.211 e. The normalized spacial score (nSPS) is 11.6. The molecule has 0 saturated carbocycles. The first-order chi connectivity index (χ1) is 8.14. The summed E-state index contributed by atoms with van der Waals surface area (Å²) < 4.78 is 25.4. The van der Waals surface area contributed by atoms with Crippen molar-refractivity contribution in [1.82, 2.24) is 4.72 Å². The topological polar surface area (TPSA) is 72.2 Å². The second-order valence-corrected chi connectivity index (χ2v) is 5.87. The maximum atomic E-state index is 11.4. The zero-order valence-electron chi connectivity index (χ0n) is 9.93. The van der Waals surface area contributed by atoms with E-state index in [-0.39, 0.29) is 5.75 Å². The summed E-state index contributed by atoms with van der Waals surface area (Å²) in [6.45, 7) is 0.896. The molecule has 0 atom stereocenters. The fourth-order valence-corrected chi connectivity index (χ4v) is 2.66. The molecule has 0 fully saturated rings. The van der Waals surface area contributed by atoms with Gasteiger partial charge in [-0.2, -0.15) is 0 Å². The van der Waals surface area contributed by atoms with Crippen LogP contribution in [0.25, 0.3) is 0 Å². The van der Waals surface area contributed by atoms with Gasteiger partial charge in [-0.15, -0.1) is 0 Å².